The van der Waals surface area contributed by atoms with Gasteiger partial charge >= 0.3 is 0 Å². The van der Waals surface area contributed by atoms with Gasteiger partial charge in [-0.25, -0.2) is 0 Å². The van der Waals surface area contributed by atoms with Gasteiger partial charge in [-0.3, -0.25) is 4.79 Å². The maximum Gasteiger partial charge on any atom is 0.240 e. The van der Waals surface area contributed by atoms with Crippen molar-refractivity contribution in [1.29, 1.82) is 0 Å². The van der Waals surface area contributed by atoms with Crippen molar-refractivity contribution < 1.29 is 4.79 Å². The van der Waals surface area contributed by atoms with Crippen LogP contribution in [0.3, 0.4) is 0 Å². The van der Waals surface area contributed by atoms with Crippen LogP contribution in [-0.4, -0.2) is 37.6 Å². The summed E-state index contributed by atoms with van der Waals surface area (Å²) in [6.07, 6.45) is 2.07. The molecule has 1 atom stereocenters. The predicted octanol–water partition coefficient (Wildman–Crippen LogP) is -0.114. The summed E-state index contributed by atoms with van der Waals surface area (Å²) >= 11 is 0. The second-order valence-corrected chi connectivity index (χ2v) is 4.60. The molecule has 2 rings (SSSR count). The van der Waals surface area contributed by atoms with Gasteiger partial charge in [0.2, 0.25) is 5.91 Å². The number of carbonyl (C=O) groups is 1. The smallest absolute Gasteiger partial charge is 0.240 e. The predicted molar refractivity (Wildman–Crippen MR) is 62.3 cm³/mol. The normalized spacial score (nSPS) is 30.5. The maximum atomic E-state index is 11.8. The first-order valence-corrected chi connectivity index (χ1v) is 5.45. The lowest BCUT2D eigenvalue weighted by Crippen LogP contribution is -2.55. The Morgan fingerprint density at radius 2 is 2.27 bits per heavy atom. The van der Waals surface area contributed by atoms with Gasteiger partial charge in [0.25, 0.3) is 0 Å². The molecule has 0 radical (unpaired) electrons. The van der Waals surface area contributed by atoms with Gasteiger partial charge in [-0.2, -0.15) is 0 Å². The fraction of sp³-hybridized carbons (Fsp3) is 0.900. The third-order valence-corrected chi connectivity index (χ3v) is 3.29. The number of amides is 1. The van der Waals surface area contributed by atoms with Crippen molar-refractivity contribution in [2.45, 2.75) is 25.3 Å². The highest BCUT2D eigenvalue weighted by Crippen LogP contribution is 2.18. The van der Waals surface area contributed by atoms with E-state index in [1.807, 2.05) is 6.92 Å². The lowest BCUT2D eigenvalue weighted by atomic mass is 9.98. The second-order valence-electron chi connectivity index (χ2n) is 4.60. The number of hydrogen-bond donors (Lipinski definition) is 3. The van der Waals surface area contributed by atoms with Crippen molar-refractivity contribution in [3.8, 4) is 0 Å². The number of halogens is 1. The van der Waals surface area contributed by atoms with E-state index in [0.717, 1.165) is 39.0 Å². The maximum absolute atomic E-state index is 11.8. The van der Waals surface area contributed by atoms with E-state index in [2.05, 4.69) is 16.0 Å². The van der Waals surface area contributed by atoms with Gasteiger partial charge in [-0.05, 0) is 26.3 Å². The number of hydrogen-bond acceptors (Lipinski definition) is 3. The number of nitrogens with one attached hydrogen (secondary N) is 3. The van der Waals surface area contributed by atoms with Crippen molar-refractivity contribution in [3.63, 3.8) is 0 Å². The average molecular weight is 234 g/mol. The summed E-state index contributed by atoms with van der Waals surface area (Å²) in [5.74, 6) is 0.811. The van der Waals surface area contributed by atoms with Crippen LogP contribution in [0.4, 0.5) is 0 Å². The molecule has 0 aromatic carbocycles. The Balaban J connectivity index is 0.00000112. The van der Waals surface area contributed by atoms with E-state index in [4.69, 9.17) is 0 Å². The minimum absolute atomic E-state index is 0. The van der Waals surface area contributed by atoms with Gasteiger partial charge in [0.1, 0.15) is 0 Å². The molecular formula is C10H20ClN3O. The van der Waals surface area contributed by atoms with Crippen LogP contribution in [0.15, 0.2) is 0 Å². The Morgan fingerprint density at radius 3 is 2.73 bits per heavy atom. The Bertz CT molecular complexity index is 225. The zero-order valence-corrected chi connectivity index (χ0v) is 9.95. The molecule has 0 bridgehead atoms. The zero-order valence-electron chi connectivity index (χ0n) is 9.14. The largest absolute Gasteiger partial charge is 0.354 e. The number of rotatable bonds is 3. The molecule has 88 valence electrons. The standard InChI is InChI=1S/C10H19N3O.ClH/c1-10(3-2-4-13-10)9(14)12-7-8-5-11-6-8;/h8,11,13H,2-7H2,1H3,(H,12,14);1H. The third-order valence-electron chi connectivity index (χ3n) is 3.29. The van der Waals surface area contributed by atoms with Crippen molar-refractivity contribution in [2.24, 2.45) is 5.92 Å². The molecule has 2 aliphatic rings. The molecule has 2 saturated heterocycles. The highest BCUT2D eigenvalue weighted by molar-refractivity contribution is 5.86. The van der Waals surface area contributed by atoms with Gasteiger partial charge < -0.3 is 16.0 Å². The summed E-state index contributed by atoms with van der Waals surface area (Å²) in [6.45, 7) is 5.88. The molecule has 1 amide bonds. The first kappa shape index (κ1) is 12.7. The molecule has 15 heavy (non-hydrogen) atoms. The summed E-state index contributed by atoms with van der Waals surface area (Å²) in [5.41, 5.74) is -0.308. The van der Waals surface area contributed by atoms with E-state index in [0.29, 0.717) is 5.92 Å². The Morgan fingerprint density at radius 1 is 1.53 bits per heavy atom. The van der Waals surface area contributed by atoms with Crippen LogP contribution < -0.4 is 16.0 Å². The quantitative estimate of drug-likeness (QED) is 0.638. The monoisotopic (exact) mass is 233 g/mol. The van der Waals surface area contributed by atoms with Crippen LogP contribution in [0.2, 0.25) is 0 Å². The van der Waals surface area contributed by atoms with Crippen LogP contribution in [0, 0.1) is 5.92 Å². The summed E-state index contributed by atoms with van der Waals surface area (Å²) < 4.78 is 0. The average Bonchev–Trinajstić information content (AvgIpc) is 2.50. The van der Waals surface area contributed by atoms with Gasteiger partial charge in [0, 0.05) is 25.6 Å². The van der Waals surface area contributed by atoms with Crippen molar-refractivity contribution in [2.75, 3.05) is 26.2 Å². The van der Waals surface area contributed by atoms with Gasteiger partial charge in [0.15, 0.2) is 0 Å². The van der Waals surface area contributed by atoms with Gasteiger partial charge in [0.05, 0.1) is 5.54 Å². The van der Waals surface area contributed by atoms with Gasteiger partial charge in [-0.1, -0.05) is 0 Å². The Kier molecular flexibility index (Phi) is 4.37. The minimum atomic E-state index is -0.308. The summed E-state index contributed by atoms with van der Waals surface area (Å²) in [6, 6.07) is 0. The molecular weight excluding hydrogens is 214 g/mol. The number of carbonyl (C=O) groups excluding carboxylic acids is 1. The lowest BCUT2D eigenvalue weighted by Gasteiger charge is -2.29. The van der Waals surface area contributed by atoms with Crippen LogP contribution in [0.5, 0.6) is 0 Å². The van der Waals surface area contributed by atoms with Crippen LogP contribution in [0.25, 0.3) is 0 Å². The molecule has 2 fully saturated rings. The first-order chi connectivity index (χ1) is 6.71. The molecule has 1 unspecified atom stereocenters. The van der Waals surface area contributed by atoms with E-state index in [1.54, 1.807) is 0 Å². The Labute approximate surface area is 97.0 Å². The van der Waals surface area contributed by atoms with Crippen molar-refractivity contribution in [1.82, 2.24) is 16.0 Å². The summed E-state index contributed by atoms with van der Waals surface area (Å²) in [7, 11) is 0. The van der Waals surface area contributed by atoms with E-state index < -0.39 is 0 Å². The molecule has 0 aromatic heterocycles. The third kappa shape index (κ3) is 2.83. The van der Waals surface area contributed by atoms with Crippen LogP contribution in [-0.2, 0) is 4.79 Å². The Hall–Kier alpha value is -0.320. The fourth-order valence-corrected chi connectivity index (χ4v) is 2.01. The van der Waals surface area contributed by atoms with Crippen molar-refractivity contribution >= 4 is 18.3 Å². The molecule has 0 spiro atoms. The van der Waals surface area contributed by atoms with Gasteiger partial charge in [-0.15, -0.1) is 12.4 Å². The summed E-state index contributed by atoms with van der Waals surface area (Å²) in [4.78, 5) is 11.8. The summed E-state index contributed by atoms with van der Waals surface area (Å²) in [5, 5.41) is 9.49. The fourth-order valence-electron chi connectivity index (χ4n) is 2.01. The first-order valence-electron chi connectivity index (χ1n) is 5.45. The van der Waals surface area contributed by atoms with E-state index in [-0.39, 0.29) is 23.9 Å². The molecule has 5 heteroatoms. The highest BCUT2D eigenvalue weighted by Gasteiger charge is 2.35. The molecule has 0 aliphatic carbocycles. The molecule has 2 heterocycles. The van der Waals surface area contributed by atoms with E-state index in [9.17, 15) is 4.79 Å². The molecule has 0 aromatic rings. The lowest BCUT2D eigenvalue weighted by molar-refractivity contribution is -0.126. The van der Waals surface area contributed by atoms with Crippen molar-refractivity contribution in [3.05, 3.63) is 0 Å². The van der Waals surface area contributed by atoms with Crippen LogP contribution in [0.1, 0.15) is 19.8 Å². The molecule has 2 aliphatic heterocycles. The van der Waals surface area contributed by atoms with E-state index >= 15 is 0 Å². The SMILES string of the molecule is CC1(C(=O)NCC2CNC2)CCCN1.Cl. The van der Waals surface area contributed by atoms with Crippen LogP contribution >= 0.6 is 12.4 Å². The zero-order chi connectivity index (χ0) is 10.0. The van der Waals surface area contributed by atoms with E-state index in [1.165, 1.54) is 0 Å². The molecule has 3 N–H and O–H groups in total. The molecule has 4 nitrogen and oxygen atoms in total. The minimum Gasteiger partial charge on any atom is -0.354 e. The molecule has 0 saturated carbocycles. The highest BCUT2D eigenvalue weighted by atomic mass is 35.5. The second kappa shape index (κ2) is 5.14. The topological polar surface area (TPSA) is 53.2 Å².